The fraction of sp³-hybridized carbons (Fsp3) is 0.784. The SMILES string of the molecule is CC/C=C\C/C=C\C/C=C\C/C=C\C/C=C\C/C=C\C/C=C\C/C=C\C/C=C\CCCCCCCCCCCCCC(=O)NC(COC1OC(CO)C(OC2OC(CO)C(O)C(O)C2O)C(O)C1O)C(O)CCCCCCCCCCCCCCCCCCCCCCCCCCCCCCC. The molecule has 102 heavy (non-hydrogen) atoms. The number of carbonyl (C=O) groups is 1. The van der Waals surface area contributed by atoms with Crippen LogP contribution >= 0.6 is 0 Å². The molecule has 2 aliphatic heterocycles. The minimum atomic E-state index is -1.79. The molecule has 0 spiro atoms. The van der Waals surface area contributed by atoms with E-state index in [1.54, 1.807) is 0 Å². The van der Waals surface area contributed by atoms with Crippen LogP contribution in [-0.2, 0) is 23.7 Å². The Morgan fingerprint density at radius 3 is 1.04 bits per heavy atom. The summed E-state index contributed by atoms with van der Waals surface area (Å²) in [6.07, 6.45) is 85.5. The van der Waals surface area contributed by atoms with Crippen molar-refractivity contribution in [1.82, 2.24) is 5.32 Å². The van der Waals surface area contributed by atoms with Crippen LogP contribution in [0.5, 0.6) is 0 Å². The molecule has 12 atom stereocenters. The highest BCUT2D eigenvalue weighted by molar-refractivity contribution is 5.76. The van der Waals surface area contributed by atoms with E-state index in [1.165, 1.54) is 205 Å². The van der Waals surface area contributed by atoms with Gasteiger partial charge in [-0.05, 0) is 83.5 Å². The normalized spacial score (nSPS) is 22.2. The van der Waals surface area contributed by atoms with E-state index in [0.717, 1.165) is 109 Å². The monoisotopic (exact) mass is 1430 g/mol. The predicted octanol–water partition coefficient (Wildman–Crippen LogP) is 19.8. The van der Waals surface area contributed by atoms with Crippen molar-refractivity contribution in [2.75, 3.05) is 19.8 Å². The molecule has 14 heteroatoms. The molecular weight excluding hydrogens is 1280 g/mol. The maximum absolute atomic E-state index is 13.4. The van der Waals surface area contributed by atoms with Gasteiger partial charge in [-0.2, -0.15) is 0 Å². The standard InChI is InChI=1S/C88H155NO13/c1-3-5-7-9-11-13-15-17-19-21-23-25-27-29-31-33-34-35-36-37-38-39-40-41-42-44-46-48-50-52-54-56-58-60-62-64-66-68-70-72-80(93)89-76(75-99-87-85(98)83(96)86(79(74-91)101-87)102-88-84(97)82(95)81(94)78(73-90)100-88)77(92)71-69-67-65-63-61-59-57-55-53-51-49-47-45-43-32-30-28-26-24-22-20-18-16-14-12-10-8-6-4-2/h5,7,11,13,17,19,23,25,29,31,34-35,37-38,40-41,44,46,76-79,81-88,90-92,94-98H,3-4,6,8-10,12,14-16,18,20-22,24,26-28,30,32-33,36,39,42-43,45,47-75H2,1-2H3,(H,89,93)/b7-5-,13-11-,19-17-,25-23-,31-29-,35-34-,38-37-,41-40-,46-44-. The Morgan fingerprint density at radius 2 is 0.676 bits per heavy atom. The molecule has 2 aliphatic rings. The number of hydrogen-bond donors (Lipinski definition) is 9. The van der Waals surface area contributed by atoms with Gasteiger partial charge >= 0.3 is 0 Å². The molecule has 9 N–H and O–H groups in total. The first-order chi connectivity index (χ1) is 50.1. The lowest BCUT2D eigenvalue weighted by Crippen LogP contribution is -2.65. The molecule has 0 radical (unpaired) electrons. The van der Waals surface area contributed by atoms with E-state index in [4.69, 9.17) is 18.9 Å². The van der Waals surface area contributed by atoms with E-state index < -0.39 is 86.8 Å². The third-order valence-electron chi connectivity index (χ3n) is 20.0. The first-order valence-electron chi connectivity index (χ1n) is 42.1. The molecule has 0 aromatic rings. The van der Waals surface area contributed by atoms with Crippen molar-refractivity contribution in [3.05, 3.63) is 109 Å². The number of ether oxygens (including phenoxy) is 4. The van der Waals surface area contributed by atoms with Crippen LogP contribution in [0.1, 0.15) is 348 Å². The van der Waals surface area contributed by atoms with Gasteiger partial charge in [0, 0.05) is 6.42 Å². The number of unbranched alkanes of at least 4 members (excludes halogenated alkanes) is 39. The van der Waals surface area contributed by atoms with Crippen LogP contribution in [0.25, 0.3) is 0 Å². The number of carbonyl (C=O) groups excluding carboxylic acids is 1. The largest absolute Gasteiger partial charge is 0.394 e. The first kappa shape index (κ1) is 94.7. The second-order valence-corrected chi connectivity index (χ2v) is 29.2. The minimum Gasteiger partial charge on any atom is -0.394 e. The van der Waals surface area contributed by atoms with Crippen LogP contribution < -0.4 is 5.32 Å². The van der Waals surface area contributed by atoms with Crippen LogP contribution in [0, 0.1) is 0 Å². The molecule has 0 aromatic carbocycles. The summed E-state index contributed by atoms with van der Waals surface area (Å²) in [6.45, 7) is 2.79. The van der Waals surface area contributed by atoms with Crippen LogP contribution in [0.15, 0.2) is 109 Å². The minimum absolute atomic E-state index is 0.209. The zero-order valence-electron chi connectivity index (χ0n) is 64.8. The van der Waals surface area contributed by atoms with Crippen molar-refractivity contribution in [2.24, 2.45) is 0 Å². The first-order valence-corrected chi connectivity index (χ1v) is 42.1. The molecule has 2 heterocycles. The average Bonchev–Trinajstić information content (AvgIpc) is 0.790. The Morgan fingerprint density at radius 1 is 0.363 bits per heavy atom. The van der Waals surface area contributed by atoms with Gasteiger partial charge in [0.1, 0.15) is 48.8 Å². The van der Waals surface area contributed by atoms with E-state index in [-0.39, 0.29) is 12.5 Å². The maximum atomic E-state index is 13.4. The van der Waals surface area contributed by atoms with Gasteiger partial charge in [-0.1, -0.05) is 367 Å². The van der Waals surface area contributed by atoms with Crippen LogP contribution in [-0.4, -0.2) is 140 Å². The topological polar surface area (TPSA) is 228 Å². The smallest absolute Gasteiger partial charge is 0.220 e. The lowest BCUT2D eigenvalue weighted by Gasteiger charge is -2.46. The number of nitrogens with one attached hydrogen (secondary N) is 1. The second-order valence-electron chi connectivity index (χ2n) is 29.2. The second kappa shape index (κ2) is 70.6. The van der Waals surface area contributed by atoms with Gasteiger partial charge in [-0.3, -0.25) is 4.79 Å². The lowest BCUT2D eigenvalue weighted by molar-refractivity contribution is -0.359. The molecule has 0 aliphatic carbocycles. The summed E-state index contributed by atoms with van der Waals surface area (Å²) >= 11 is 0. The summed E-state index contributed by atoms with van der Waals surface area (Å²) in [5.74, 6) is -0.209. The summed E-state index contributed by atoms with van der Waals surface area (Å²) in [6, 6.07) is -0.839. The number of aliphatic hydroxyl groups excluding tert-OH is 8. The maximum Gasteiger partial charge on any atom is 0.220 e. The van der Waals surface area contributed by atoms with Crippen molar-refractivity contribution in [3.63, 3.8) is 0 Å². The summed E-state index contributed by atoms with van der Waals surface area (Å²) in [7, 11) is 0. The molecule has 12 unspecified atom stereocenters. The highest BCUT2D eigenvalue weighted by Gasteiger charge is 2.51. The van der Waals surface area contributed by atoms with Crippen molar-refractivity contribution < 1.29 is 64.6 Å². The van der Waals surface area contributed by atoms with Crippen molar-refractivity contribution >= 4 is 5.91 Å². The summed E-state index contributed by atoms with van der Waals surface area (Å²) in [4.78, 5) is 13.4. The van der Waals surface area contributed by atoms with E-state index >= 15 is 0 Å². The zero-order chi connectivity index (χ0) is 73.7. The summed E-state index contributed by atoms with van der Waals surface area (Å²) in [5.41, 5.74) is 0. The predicted molar refractivity (Wildman–Crippen MR) is 424 cm³/mol. The van der Waals surface area contributed by atoms with Gasteiger partial charge in [0.05, 0.1) is 32.0 Å². The number of amides is 1. The van der Waals surface area contributed by atoms with Crippen LogP contribution in [0.3, 0.4) is 0 Å². The summed E-state index contributed by atoms with van der Waals surface area (Å²) in [5, 5.41) is 88.0. The fourth-order valence-electron chi connectivity index (χ4n) is 13.4. The van der Waals surface area contributed by atoms with E-state index in [9.17, 15) is 45.6 Å². The quantitative estimate of drug-likeness (QED) is 0.0204. The number of rotatable bonds is 70. The molecule has 2 fully saturated rings. The molecule has 0 bridgehead atoms. The molecule has 0 saturated carbocycles. The van der Waals surface area contributed by atoms with Crippen molar-refractivity contribution in [2.45, 2.75) is 421 Å². The molecule has 590 valence electrons. The third-order valence-corrected chi connectivity index (χ3v) is 20.0. The van der Waals surface area contributed by atoms with E-state index in [1.807, 2.05) is 0 Å². The van der Waals surface area contributed by atoms with Gasteiger partial charge in [-0.25, -0.2) is 0 Å². The van der Waals surface area contributed by atoms with Gasteiger partial charge in [-0.15, -0.1) is 0 Å². The zero-order valence-corrected chi connectivity index (χ0v) is 64.8. The highest BCUT2D eigenvalue weighted by Crippen LogP contribution is 2.30. The van der Waals surface area contributed by atoms with Crippen molar-refractivity contribution in [1.29, 1.82) is 0 Å². The van der Waals surface area contributed by atoms with Gasteiger partial charge < -0.3 is 65.1 Å². The lowest BCUT2D eigenvalue weighted by atomic mass is 9.97. The van der Waals surface area contributed by atoms with Crippen LogP contribution in [0.2, 0.25) is 0 Å². The van der Waals surface area contributed by atoms with E-state index in [2.05, 4.69) is 129 Å². The Kier molecular flexibility index (Phi) is 65.6. The molecule has 2 rings (SSSR count). The van der Waals surface area contributed by atoms with Gasteiger partial charge in [0.15, 0.2) is 12.6 Å². The average molecular weight is 1440 g/mol. The van der Waals surface area contributed by atoms with Gasteiger partial charge in [0.25, 0.3) is 0 Å². The summed E-state index contributed by atoms with van der Waals surface area (Å²) < 4.78 is 23.0. The Labute approximate surface area is 623 Å². The molecule has 14 nitrogen and oxygen atoms in total. The molecule has 2 saturated heterocycles. The third kappa shape index (κ3) is 52.6. The van der Waals surface area contributed by atoms with Crippen molar-refractivity contribution in [3.8, 4) is 0 Å². The molecular formula is C88H155NO13. The Bertz CT molecular complexity index is 2140. The molecule has 0 aromatic heterocycles. The van der Waals surface area contributed by atoms with Crippen LogP contribution in [0.4, 0.5) is 0 Å². The highest BCUT2D eigenvalue weighted by atomic mass is 16.7. The molecule has 1 amide bonds. The Hall–Kier alpha value is -3.35. The number of aliphatic hydroxyl groups is 8. The van der Waals surface area contributed by atoms with Gasteiger partial charge in [0.2, 0.25) is 5.91 Å². The Balaban J connectivity index is 1.60. The van der Waals surface area contributed by atoms with E-state index in [0.29, 0.717) is 19.3 Å². The number of hydrogen-bond acceptors (Lipinski definition) is 13. The fourth-order valence-corrected chi connectivity index (χ4v) is 13.4. The number of allylic oxidation sites excluding steroid dienone is 18.